The van der Waals surface area contributed by atoms with Crippen LogP contribution in [0.3, 0.4) is 0 Å². The first-order chi connectivity index (χ1) is 8.90. The summed E-state index contributed by atoms with van der Waals surface area (Å²) in [6.07, 6.45) is 0.794. The van der Waals surface area contributed by atoms with E-state index in [-0.39, 0.29) is 0 Å². The summed E-state index contributed by atoms with van der Waals surface area (Å²) < 4.78 is 10.8. The van der Waals surface area contributed by atoms with Gasteiger partial charge in [-0.1, -0.05) is 34.1 Å². The van der Waals surface area contributed by atoms with Crippen molar-refractivity contribution in [3.8, 4) is 0 Å². The molecule has 102 valence electrons. The fourth-order valence-electron chi connectivity index (χ4n) is 1.42. The Kier molecular flexibility index (Phi) is 5.76. The largest absolute Gasteiger partial charge is 0.421 e. The molecule has 0 aliphatic carbocycles. The first-order valence-corrected chi connectivity index (χ1v) is 6.46. The van der Waals surface area contributed by atoms with Gasteiger partial charge in [0.2, 0.25) is 0 Å². The van der Waals surface area contributed by atoms with Crippen molar-refractivity contribution in [3.63, 3.8) is 0 Å². The highest BCUT2D eigenvalue weighted by Gasteiger charge is 2.17. The number of ether oxygens (including phenoxy) is 2. The van der Waals surface area contributed by atoms with E-state index >= 15 is 0 Å². The van der Waals surface area contributed by atoms with Crippen LogP contribution in [0.4, 0.5) is 0 Å². The molecule has 0 aliphatic rings. The van der Waals surface area contributed by atoms with Crippen LogP contribution >= 0.6 is 15.9 Å². The van der Waals surface area contributed by atoms with E-state index in [0.717, 1.165) is 10.0 Å². The van der Waals surface area contributed by atoms with E-state index < -0.39 is 18.2 Å². The van der Waals surface area contributed by atoms with E-state index in [9.17, 15) is 9.59 Å². The van der Waals surface area contributed by atoms with Crippen LogP contribution in [0.1, 0.15) is 26.3 Å². The number of benzene rings is 1. The second-order valence-corrected chi connectivity index (χ2v) is 4.81. The molecule has 0 unspecified atom stereocenters. The number of hydrogen-bond acceptors (Lipinski definition) is 4. The van der Waals surface area contributed by atoms with Crippen molar-refractivity contribution in [2.75, 3.05) is 0 Å². The molecular formula is C14H15BrO4. The molecule has 0 aromatic heterocycles. The number of esters is 2. The Morgan fingerprint density at radius 1 is 1.11 bits per heavy atom. The van der Waals surface area contributed by atoms with Crippen molar-refractivity contribution in [2.24, 2.45) is 0 Å². The number of halogens is 1. The summed E-state index contributed by atoms with van der Waals surface area (Å²) in [6, 6.07) is 7.57. The Morgan fingerprint density at radius 3 is 2.11 bits per heavy atom. The Bertz CT molecular complexity index is 492. The van der Waals surface area contributed by atoms with Gasteiger partial charge >= 0.3 is 11.9 Å². The van der Waals surface area contributed by atoms with Gasteiger partial charge in [-0.2, -0.15) is 0 Å². The third-order valence-corrected chi connectivity index (χ3v) is 2.93. The molecule has 0 bridgehead atoms. The molecule has 4 nitrogen and oxygen atoms in total. The zero-order chi connectivity index (χ0) is 14.4. The average Bonchev–Trinajstić information content (AvgIpc) is 2.30. The lowest BCUT2D eigenvalue weighted by Crippen LogP contribution is -2.23. The van der Waals surface area contributed by atoms with Crippen molar-refractivity contribution in [3.05, 3.63) is 39.9 Å². The van der Waals surface area contributed by atoms with Crippen molar-refractivity contribution in [2.45, 2.75) is 27.1 Å². The van der Waals surface area contributed by atoms with Gasteiger partial charge in [-0.05, 0) is 24.6 Å². The van der Waals surface area contributed by atoms with Gasteiger partial charge in [0.15, 0.2) is 0 Å². The molecule has 0 saturated heterocycles. The first kappa shape index (κ1) is 15.4. The topological polar surface area (TPSA) is 52.6 Å². The molecule has 1 rings (SSSR count). The minimum absolute atomic E-state index is 0.508. The smallest absolute Gasteiger partial charge is 0.305 e. The summed E-state index contributed by atoms with van der Waals surface area (Å²) in [5, 5.41) is 0. The Labute approximate surface area is 120 Å². The number of rotatable bonds is 4. The van der Waals surface area contributed by atoms with Gasteiger partial charge in [-0.15, -0.1) is 0 Å². The molecule has 1 aromatic carbocycles. The molecular weight excluding hydrogens is 312 g/mol. The number of hydrogen-bond donors (Lipinski definition) is 0. The molecule has 0 N–H and O–H groups in total. The van der Waals surface area contributed by atoms with E-state index in [1.54, 1.807) is 13.0 Å². The van der Waals surface area contributed by atoms with Gasteiger partial charge in [-0.25, -0.2) is 0 Å². The monoisotopic (exact) mass is 326 g/mol. The molecule has 0 spiro atoms. The summed E-state index contributed by atoms with van der Waals surface area (Å²) in [7, 11) is 0. The highest BCUT2D eigenvalue weighted by atomic mass is 79.9. The molecule has 5 heteroatoms. The second-order valence-electron chi connectivity index (χ2n) is 3.96. The molecule has 19 heavy (non-hydrogen) atoms. The van der Waals surface area contributed by atoms with Crippen molar-refractivity contribution < 1.29 is 19.1 Å². The minimum Gasteiger partial charge on any atom is -0.421 e. The fourth-order valence-corrected chi connectivity index (χ4v) is 1.82. The number of carbonyl (C=O) groups is 2. The summed E-state index contributed by atoms with van der Waals surface area (Å²) >= 11 is 3.42. The van der Waals surface area contributed by atoms with Crippen molar-refractivity contribution in [1.29, 1.82) is 0 Å². The number of carbonyl (C=O) groups excluding carboxylic acids is 2. The van der Waals surface area contributed by atoms with Crippen LogP contribution < -0.4 is 0 Å². The van der Waals surface area contributed by atoms with Gasteiger partial charge in [0, 0.05) is 23.9 Å². The predicted octanol–water partition coefficient (Wildman–Crippen LogP) is 3.30. The zero-order valence-corrected chi connectivity index (χ0v) is 12.6. The molecule has 0 radical (unpaired) electrons. The van der Waals surface area contributed by atoms with Crippen molar-refractivity contribution >= 4 is 33.9 Å². The molecule has 1 aromatic rings. The molecule has 0 saturated carbocycles. The maximum atomic E-state index is 11.0. The quantitative estimate of drug-likeness (QED) is 0.629. The SMILES string of the molecule is CC(=O)OC(OC(C)=O)C(C)=Cc1ccccc1Br. The van der Waals surface area contributed by atoms with Gasteiger partial charge < -0.3 is 9.47 Å². The summed E-state index contributed by atoms with van der Waals surface area (Å²) in [6.45, 7) is 4.26. The lowest BCUT2D eigenvalue weighted by atomic mass is 10.1. The molecule has 0 aliphatic heterocycles. The summed E-state index contributed by atoms with van der Waals surface area (Å²) in [5.41, 5.74) is 1.53. The van der Waals surface area contributed by atoms with Crippen LogP contribution in [-0.4, -0.2) is 18.2 Å². The van der Waals surface area contributed by atoms with Crippen LogP contribution in [-0.2, 0) is 19.1 Å². The first-order valence-electron chi connectivity index (χ1n) is 5.67. The van der Waals surface area contributed by atoms with Crippen LogP contribution in [0.2, 0.25) is 0 Å². The predicted molar refractivity (Wildman–Crippen MR) is 75.1 cm³/mol. The fraction of sp³-hybridized carbons (Fsp3) is 0.286. The average molecular weight is 327 g/mol. The molecule has 0 heterocycles. The van der Waals surface area contributed by atoms with Crippen LogP contribution in [0.25, 0.3) is 6.08 Å². The highest BCUT2D eigenvalue weighted by Crippen LogP contribution is 2.21. The lowest BCUT2D eigenvalue weighted by Gasteiger charge is -2.17. The Hall–Kier alpha value is -1.62. The van der Waals surface area contributed by atoms with Crippen LogP contribution in [0.15, 0.2) is 34.3 Å². The van der Waals surface area contributed by atoms with Crippen LogP contribution in [0, 0.1) is 0 Å². The maximum absolute atomic E-state index is 11.0. The highest BCUT2D eigenvalue weighted by molar-refractivity contribution is 9.10. The maximum Gasteiger partial charge on any atom is 0.305 e. The zero-order valence-electron chi connectivity index (χ0n) is 11.0. The van der Waals surface area contributed by atoms with E-state index in [2.05, 4.69) is 15.9 Å². The van der Waals surface area contributed by atoms with Crippen LogP contribution in [0.5, 0.6) is 0 Å². The van der Waals surface area contributed by atoms with Gasteiger partial charge in [0.05, 0.1) is 0 Å². The minimum atomic E-state index is -0.998. The van der Waals surface area contributed by atoms with Gasteiger partial charge in [-0.3, -0.25) is 9.59 Å². The third kappa shape index (κ3) is 5.26. The van der Waals surface area contributed by atoms with E-state index in [0.29, 0.717) is 5.57 Å². The Morgan fingerprint density at radius 2 is 1.63 bits per heavy atom. The standard InChI is InChI=1S/C14H15BrO4/c1-9(8-12-6-4-5-7-13(12)15)14(18-10(2)16)19-11(3)17/h4-8,14H,1-3H3. The van der Waals surface area contributed by atoms with E-state index in [1.165, 1.54) is 13.8 Å². The van der Waals surface area contributed by atoms with E-state index in [4.69, 9.17) is 9.47 Å². The summed E-state index contributed by atoms with van der Waals surface area (Å²) in [5.74, 6) is -1.02. The Balaban J connectivity index is 2.98. The van der Waals surface area contributed by atoms with Gasteiger partial charge in [0.25, 0.3) is 6.29 Å². The molecule has 0 fully saturated rings. The third-order valence-electron chi connectivity index (χ3n) is 2.21. The summed E-state index contributed by atoms with van der Waals surface area (Å²) in [4.78, 5) is 22.0. The van der Waals surface area contributed by atoms with Gasteiger partial charge in [0.1, 0.15) is 0 Å². The lowest BCUT2D eigenvalue weighted by molar-refractivity contribution is -0.177. The molecule has 0 amide bonds. The second kappa shape index (κ2) is 7.09. The molecule has 0 atom stereocenters. The van der Waals surface area contributed by atoms with E-state index in [1.807, 2.05) is 24.3 Å². The van der Waals surface area contributed by atoms with Crippen molar-refractivity contribution in [1.82, 2.24) is 0 Å². The normalized spacial score (nSPS) is 11.3.